The molecule has 0 aliphatic heterocycles. The van der Waals surface area contributed by atoms with Gasteiger partial charge in [0.25, 0.3) is 0 Å². The maximum Gasteiger partial charge on any atom is 0.472 e. The largest absolute Gasteiger partial charge is 0.472 e. The predicted octanol–water partition coefficient (Wildman–Crippen LogP) is 18.4. The van der Waals surface area contributed by atoms with Crippen molar-refractivity contribution in [2.75, 3.05) is 54.1 Å². The van der Waals surface area contributed by atoms with Gasteiger partial charge < -0.3 is 18.9 Å². The van der Waals surface area contributed by atoms with Crippen LogP contribution in [-0.2, 0) is 27.9 Å². The number of rotatable bonds is 54. The fourth-order valence-corrected chi connectivity index (χ4v) is 8.80. The second-order valence-electron chi connectivity index (χ2n) is 20.7. The van der Waals surface area contributed by atoms with Gasteiger partial charge in [0.2, 0.25) is 0 Å². The maximum atomic E-state index is 12.8. The number of phosphoric acid groups is 1. The van der Waals surface area contributed by atoms with Gasteiger partial charge in [-0.1, -0.05) is 229 Å². The Labute approximate surface area is 428 Å². The molecule has 9 heteroatoms. The van der Waals surface area contributed by atoms with Crippen molar-refractivity contribution in [1.29, 1.82) is 0 Å². The molecule has 0 radical (unpaired) electrons. The smallest absolute Gasteiger partial charge is 0.457 e. The summed E-state index contributed by atoms with van der Waals surface area (Å²) in [5.74, 6) is -0.316. The molecule has 0 rings (SSSR count). The van der Waals surface area contributed by atoms with Crippen LogP contribution < -0.4 is 0 Å². The van der Waals surface area contributed by atoms with E-state index in [0.29, 0.717) is 24.1 Å². The van der Waals surface area contributed by atoms with E-state index in [0.717, 1.165) is 57.8 Å². The van der Waals surface area contributed by atoms with Crippen molar-refractivity contribution in [2.45, 2.75) is 264 Å². The summed E-state index contributed by atoms with van der Waals surface area (Å²) >= 11 is 0. The maximum absolute atomic E-state index is 12.8. The van der Waals surface area contributed by atoms with E-state index in [9.17, 15) is 14.3 Å². The van der Waals surface area contributed by atoms with Gasteiger partial charge >= 0.3 is 13.8 Å². The number of ether oxygens (including phenoxy) is 2. The molecule has 2 atom stereocenters. The lowest BCUT2D eigenvalue weighted by Crippen LogP contribution is -2.37. The van der Waals surface area contributed by atoms with Crippen LogP contribution in [0.1, 0.15) is 258 Å². The highest BCUT2D eigenvalue weighted by molar-refractivity contribution is 7.47. The van der Waals surface area contributed by atoms with E-state index in [1.165, 1.54) is 180 Å². The van der Waals surface area contributed by atoms with E-state index < -0.39 is 13.9 Å². The number of nitrogens with zero attached hydrogens (tertiary/aromatic N) is 1. The van der Waals surface area contributed by atoms with Gasteiger partial charge in [0.05, 0.1) is 34.4 Å². The number of quaternary nitrogens is 1. The van der Waals surface area contributed by atoms with Crippen molar-refractivity contribution >= 4 is 13.8 Å². The number of allylic oxidation sites excluding steroid dienone is 10. The molecule has 69 heavy (non-hydrogen) atoms. The lowest BCUT2D eigenvalue weighted by Gasteiger charge is -2.24. The normalized spacial score (nSPS) is 13.9. The lowest BCUT2D eigenvalue weighted by molar-refractivity contribution is -0.870. The van der Waals surface area contributed by atoms with Gasteiger partial charge in [-0.25, -0.2) is 4.57 Å². The van der Waals surface area contributed by atoms with Gasteiger partial charge in [-0.15, -0.1) is 0 Å². The number of esters is 1. The molecule has 0 heterocycles. The van der Waals surface area contributed by atoms with Crippen molar-refractivity contribution in [3.8, 4) is 0 Å². The zero-order valence-corrected chi connectivity index (χ0v) is 46.9. The standard InChI is InChI=1S/C60H112NO7P/c1-6-8-10-12-14-16-18-20-22-24-26-28-30-31-32-33-35-37-39-41-43-45-47-49-51-53-60(62)68-59(58-67-69(63,64)66-56-54-61(3,4)5)57-65-55-52-50-48-46-44-42-40-38-36-34-29-27-25-23-21-19-17-15-13-11-9-7-2/h18-21,24-27,34,36,59H,6-17,22-23,28-33,35,37-58H2,1-5H3/p+1/b20-18-,21-19-,26-24-,27-25-,36-34-. The van der Waals surface area contributed by atoms with Gasteiger partial charge in [0, 0.05) is 13.0 Å². The number of unbranched alkanes of at least 4 members (excludes halogenated alkanes) is 30. The van der Waals surface area contributed by atoms with Gasteiger partial charge in [0.15, 0.2) is 0 Å². The molecule has 0 aliphatic rings. The highest BCUT2D eigenvalue weighted by Gasteiger charge is 2.26. The van der Waals surface area contributed by atoms with E-state index in [1.807, 2.05) is 21.1 Å². The summed E-state index contributed by atoms with van der Waals surface area (Å²) < 4.78 is 35.3. The summed E-state index contributed by atoms with van der Waals surface area (Å²) in [6.07, 6.45) is 68.5. The minimum absolute atomic E-state index is 0.0848. The molecule has 2 unspecified atom stereocenters. The first kappa shape index (κ1) is 67.2. The molecular weight excluding hydrogens is 878 g/mol. The summed E-state index contributed by atoms with van der Waals surface area (Å²) in [7, 11) is 1.66. The van der Waals surface area contributed by atoms with Crippen LogP contribution in [0.25, 0.3) is 0 Å². The van der Waals surface area contributed by atoms with Gasteiger partial charge in [-0.3, -0.25) is 13.8 Å². The molecule has 0 aromatic carbocycles. The van der Waals surface area contributed by atoms with Crippen molar-refractivity contribution < 1.29 is 37.3 Å². The molecule has 0 bridgehead atoms. The molecule has 0 aromatic rings. The molecule has 0 fully saturated rings. The predicted molar refractivity (Wildman–Crippen MR) is 298 cm³/mol. The van der Waals surface area contributed by atoms with E-state index in [-0.39, 0.29) is 25.8 Å². The Balaban J connectivity index is 4.10. The molecular formula is C60H113NO7P+. The molecule has 0 saturated heterocycles. The first-order valence-electron chi connectivity index (χ1n) is 29.0. The third-order valence-electron chi connectivity index (χ3n) is 12.6. The van der Waals surface area contributed by atoms with Crippen molar-refractivity contribution in [1.82, 2.24) is 0 Å². The monoisotopic (exact) mass is 991 g/mol. The first-order valence-corrected chi connectivity index (χ1v) is 30.5. The fourth-order valence-electron chi connectivity index (χ4n) is 8.06. The SMILES string of the molecule is CCCCCCC/C=C\C/C=C\C/C=C\CCCCCCCCCOCC(COP(=O)(O)OCC[N+](C)(C)C)OC(=O)CCCCCCCCCCCCCCC/C=C\C/C=C\CCCCCCC. The molecule has 0 amide bonds. The fraction of sp³-hybridized carbons (Fsp3) is 0.817. The first-order chi connectivity index (χ1) is 33.6. The molecule has 0 aliphatic carbocycles. The average molecular weight is 992 g/mol. The number of phosphoric ester groups is 1. The van der Waals surface area contributed by atoms with Crippen LogP contribution in [0, 0.1) is 0 Å². The average Bonchev–Trinajstić information content (AvgIpc) is 3.31. The van der Waals surface area contributed by atoms with Crippen LogP contribution in [0.5, 0.6) is 0 Å². The highest BCUT2D eigenvalue weighted by Crippen LogP contribution is 2.43. The van der Waals surface area contributed by atoms with Crippen LogP contribution in [0.2, 0.25) is 0 Å². The Kier molecular flexibility index (Phi) is 51.2. The summed E-state index contributed by atoms with van der Waals surface area (Å²) in [6.45, 7) is 5.61. The van der Waals surface area contributed by atoms with Crippen LogP contribution in [-0.4, -0.2) is 75.6 Å². The van der Waals surface area contributed by atoms with E-state index in [1.54, 1.807) is 0 Å². The van der Waals surface area contributed by atoms with Crippen molar-refractivity contribution in [2.24, 2.45) is 0 Å². The number of hydrogen-bond acceptors (Lipinski definition) is 6. The summed E-state index contributed by atoms with van der Waals surface area (Å²) in [4.78, 5) is 23.1. The summed E-state index contributed by atoms with van der Waals surface area (Å²) in [6, 6.07) is 0. The van der Waals surface area contributed by atoms with Gasteiger partial charge in [-0.05, 0) is 83.5 Å². The Morgan fingerprint density at radius 3 is 1.19 bits per heavy atom. The molecule has 0 aromatic heterocycles. The van der Waals surface area contributed by atoms with E-state index in [2.05, 4.69) is 74.6 Å². The van der Waals surface area contributed by atoms with Crippen LogP contribution in [0.4, 0.5) is 0 Å². The zero-order chi connectivity index (χ0) is 50.5. The van der Waals surface area contributed by atoms with E-state index in [4.69, 9.17) is 18.5 Å². The Morgan fingerprint density at radius 2 is 0.797 bits per heavy atom. The minimum Gasteiger partial charge on any atom is -0.457 e. The van der Waals surface area contributed by atoms with Crippen LogP contribution >= 0.6 is 7.82 Å². The number of carbonyl (C=O) groups is 1. The van der Waals surface area contributed by atoms with Gasteiger partial charge in [-0.2, -0.15) is 0 Å². The second-order valence-corrected chi connectivity index (χ2v) is 22.1. The Bertz CT molecular complexity index is 1290. The Morgan fingerprint density at radius 1 is 0.449 bits per heavy atom. The second kappa shape index (κ2) is 52.5. The third kappa shape index (κ3) is 57.0. The third-order valence-corrected chi connectivity index (χ3v) is 13.5. The molecule has 0 saturated carbocycles. The summed E-state index contributed by atoms with van der Waals surface area (Å²) in [5, 5.41) is 0. The molecule has 0 spiro atoms. The number of likely N-dealkylation sites (N-methyl/N-ethyl adjacent to an activating group) is 1. The van der Waals surface area contributed by atoms with Crippen molar-refractivity contribution in [3.05, 3.63) is 60.8 Å². The lowest BCUT2D eigenvalue weighted by atomic mass is 10.0. The quantitative estimate of drug-likeness (QED) is 0.0213. The molecule has 8 nitrogen and oxygen atoms in total. The Hall–Kier alpha value is -1.80. The minimum atomic E-state index is -4.29. The van der Waals surface area contributed by atoms with Gasteiger partial charge in [0.1, 0.15) is 19.3 Å². The molecule has 1 N–H and O–H groups in total. The topological polar surface area (TPSA) is 91.3 Å². The highest BCUT2D eigenvalue weighted by atomic mass is 31.2. The van der Waals surface area contributed by atoms with Crippen LogP contribution in [0.3, 0.4) is 0 Å². The van der Waals surface area contributed by atoms with E-state index >= 15 is 0 Å². The molecule has 404 valence electrons. The number of carbonyl (C=O) groups excluding carboxylic acids is 1. The van der Waals surface area contributed by atoms with Crippen molar-refractivity contribution in [3.63, 3.8) is 0 Å². The zero-order valence-electron chi connectivity index (χ0n) is 46.0. The summed E-state index contributed by atoms with van der Waals surface area (Å²) in [5.41, 5.74) is 0. The van der Waals surface area contributed by atoms with Crippen LogP contribution in [0.15, 0.2) is 60.8 Å². The number of hydrogen-bond donors (Lipinski definition) is 1.